The fraction of sp³-hybridized carbons (Fsp3) is 0.208. The zero-order valence-electron chi connectivity index (χ0n) is 15.9. The Morgan fingerprint density at radius 2 is 1.38 bits per heavy atom. The smallest absolute Gasteiger partial charge is 0.338 e. The maximum Gasteiger partial charge on any atom is 0.338 e. The van der Waals surface area contributed by atoms with E-state index in [0.717, 1.165) is 22.3 Å². The van der Waals surface area contributed by atoms with Crippen molar-refractivity contribution in [3.63, 3.8) is 0 Å². The highest BCUT2D eigenvalue weighted by molar-refractivity contribution is 6.22. The van der Waals surface area contributed by atoms with Gasteiger partial charge in [0.05, 0.1) is 30.2 Å². The number of carbonyl (C=O) groups is 3. The van der Waals surface area contributed by atoms with Gasteiger partial charge in [-0.05, 0) is 47.2 Å². The molecule has 0 radical (unpaired) electrons. The van der Waals surface area contributed by atoms with Crippen molar-refractivity contribution < 1.29 is 19.1 Å². The van der Waals surface area contributed by atoms with Crippen LogP contribution >= 0.6 is 0 Å². The standard InChI is InChI=1S/C24H19NO4/c1-29-24(28)21-16-11-7-3-6-10-15(16)17-12-19-20(13-18(17)21)23(27)25(22(19)26)14-8-4-2-5-9-14/h2-11,19-20H,12-13H2,1H3. The Balaban J connectivity index is 1.64. The van der Waals surface area contributed by atoms with Crippen LogP contribution < -0.4 is 4.90 Å². The van der Waals surface area contributed by atoms with Gasteiger partial charge in [0.2, 0.25) is 11.8 Å². The van der Waals surface area contributed by atoms with E-state index in [0.29, 0.717) is 24.1 Å². The van der Waals surface area contributed by atoms with Gasteiger partial charge >= 0.3 is 5.97 Å². The van der Waals surface area contributed by atoms with E-state index in [2.05, 4.69) is 0 Å². The second kappa shape index (κ2) is 6.55. The molecule has 1 aromatic carbocycles. The van der Waals surface area contributed by atoms with Gasteiger partial charge in [-0.2, -0.15) is 0 Å². The summed E-state index contributed by atoms with van der Waals surface area (Å²) in [4.78, 5) is 40.2. The fourth-order valence-electron chi connectivity index (χ4n) is 4.81. The van der Waals surface area contributed by atoms with Crippen LogP contribution in [0.5, 0.6) is 0 Å². The molecule has 1 heterocycles. The number of hydrogen-bond acceptors (Lipinski definition) is 4. The van der Waals surface area contributed by atoms with E-state index in [4.69, 9.17) is 4.74 Å². The first-order valence-electron chi connectivity index (χ1n) is 9.65. The summed E-state index contributed by atoms with van der Waals surface area (Å²) in [7, 11) is 1.36. The molecule has 0 N–H and O–H groups in total. The highest BCUT2D eigenvalue weighted by Gasteiger charge is 2.51. The normalized spacial score (nSPS) is 20.5. The Morgan fingerprint density at radius 3 is 2.00 bits per heavy atom. The summed E-state index contributed by atoms with van der Waals surface area (Å²) in [5.41, 5.74) is 4.70. The summed E-state index contributed by atoms with van der Waals surface area (Å²) in [6.45, 7) is 0. The number of anilines is 1. The average molecular weight is 385 g/mol. The predicted molar refractivity (Wildman–Crippen MR) is 108 cm³/mol. The van der Waals surface area contributed by atoms with E-state index in [1.807, 2.05) is 48.5 Å². The number of nitrogens with zero attached hydrogens (tertiary/aromatic N) is 1. The molecule has 0 bridgehead atoms. The SMILES string of the molecule is COC(=O)c1c2cccccc-2c2c1CC1C(=O)N(c3ccccc3)C(=O)C1C2. The molecule has 144 valence electrons. The van der Waals surface area contributed by atoms with Crippen LogP contribution in [0.1, 0.15) is 21.5 Å². The van der Waals surface area contributed by atoms with E-state index in [-0.39, 0.29) is 11.8 Å². The Bertz CT molecular complexity index is 1120. The van der Waals surface area contributed by atoms with Crippen molar-refractivity contribution >= 4 is 23.5 Å². The Labute approximate surface area is 168 Å². The van der Waals surface area contributed by atoms with Gasteiger partial charge in [-0.25, -0.2) is 4.79 Å². The van der Waals surface area contributed by atoms with Crippen LogP contribution in [0.25, 0.3) is 11.1 Å². The third kappa shape index (κ3) is 2.50. The number of carbonyl (C=O) groups excluding carboxylic acids is 3. The van der Waals surface area contributed by atoms with Gasteiger partial charge in [-0.3, -0.25) is 14.5 Å². The molecule has 29 heavy (non-hydrogen) atoms. The zero-order valence-corrected chi connectivity index (χ0v) is 15.9. The van der Waals surface area contributed by atoms with E-state index in [9.17, 15) is 14.4 Å². The van der Waals surface area contributed by atoms with Gasteiger partial charge < -0.3 is 4.74 Å². The first-order chi connectivity index (χ1) is 14.1. The fourth-order valence-corrected chi connectivity index (χ4v) is 4.81. The number of benzene rings is 1. The molecule has 4 aliphatic rings. The summed E-state index contributed by atoms with van der Waals surface area (Å²) in [6.07, 6.45) is 0.822. The van der Waals surface area contributed by atoms with E-state index >= 15 is 0 Å². The monoisotopic (exact) mass is 385 g/mol. The molecular formula is C24H19NO4. The molecule has 3 aliphatic carbocycles. The number of amides is 2. The van der Waals surface area contributed by atoms with Crippen molar-refractivity contribution in [2.24, 2.45) is 11.8 Å². The minimum absolute atomic E-state index is 0.161. The zero-order chi connectivity index (χ0) is 20.1. The van der Waals surface area contributed by atoms with Crippen LogP contribution in [0.15, 0.2) is 60.7 Å². The molecular weight excluding hydrogens is 366 g/mol. The maximum absolute atomic E-state index is 13.2. The van der Waals surface area contributed by atoms with Gasteiger partial charge in [0.1, 0.15) is 0 Å². The van der Waals surface area contributed by atoms with Crippen LogP contribution in [-0.4, -0.2) is 24.9 Å². The lowest BCUT2D eigenvalue weighted by Crippen LogP contribution is -2.31. The third-order valence-electron chi connectivity index (χ3n) is 6.11. The van der Waals surface area contributed by atoms with Crippen molar-refractivity contribution in [3.8, 4) is 11.1 Å². The Morgan fingerprint density at radius 1 is 0.828 bits per heavy atom. The molecule has 5 nitrogen and oxygen atoms in total. The molecule has 5 heteroatoms. The second-order valence-corrected chi connectivity index (χ2v) is 7.53. The van der Waals surface area contributed by atoms with Gasteiger partial charge in [-0.15, -0.1) is 0 Å². The van der Waals surface area contributed by atoms with Crippen LogP contribution in [0.3, 0.4) is 0 Å². The van der Waals surface area contributed by atoms with Crippen molar-refractivity contribution in [2.45, 2.75) is 12.8 Å². The van der Waals surface area contributed by atoms with Gasteiger partial charge in [0, 0.05) is 0 Å². The van der Waals surface area contributed by atoms with Gasteiger partial charge in [-0.1, -0.05) is 48.5 Å². The lowest BCUT2D eigenvalue weighted by atomic mass is 9.77. The molecule has 2 atom stereocenters. The van der Waals surface area contributed by atoms with Crippen molar-refractivity contribution in [2.75, 3.05) is 12.0 Å². The Hall–Kier alpha value is -3.47. The molecule has 1 aromatic rings. The van der Waals surface area contributed by atoms with Crippen LogP contribution in [0.4, 0.5) is 5.69 Å². The lowest BCUT2D eigenvalue weighted by Gasteiger charge is -2.22. The molecule has 1 fully saturated rings. The number of rotatable bonds is 2. The number of hydrogen-bond donors (Lipinski definition) is 0. The van der Waals surface area contributed by atoms with Crippen molar-refractivity contribution in [1.82, 2.24) is 0 Å². The molecule has 2 unspecified atom stereocenters. The van der Waals surface area contributed by atoms with Gasteiger partial charge in [0.25, 0.3) is 0 Å². The number of imide groups is 1. The average Bonchev–Trinajstić information content (AvgIpc) is 3.03. The second-order valence-electron chi connectivity index (χ2n) is 7.53. The number of para-hydroxylation sites is 1. The Kier molecular flexibility index (Phi) is 3.98. The van der Waals surface area contributed by atoms with E-state index in [1.54, 1.807) is 12.1 Å². The number of methoxy groups -OCH3 is 1. The molecule has 0 spiro atoms. The lowest BCUT2D eigenvalue weighted by molar-refractivity contribution is -0.122. The van der Waals surface area contributed by atoms with Gasteiger partial charge in [0.15, 0.2) is 0 Å². The molecule has 1 saturated heterocycles. The summed E-state index contributed by atoms with van der Waals surface area (Å²) in [5.74, 6) is -1.62. The quantitative estimate of drug-likeness (QED) is 0.500. The topological polar surface area (TPSA) is 63.7 Å². The third-order valence-corrected chi connectivity index (χ3v) is 6.11. The van der Waals surface area contributed by atoms with E-state index < -0.39 is 17.8 Å². The molecule has 2 amide bonds. The summed E-state index contributed by atoms with van der Waals surface area (Å²) in [5, 5.41) is 0. The van der Waals surface area contributed by atoms with Crippen LogP contribution in [0.2, 0.25) is 0 Å². The minimum atomic E-state index is -0.454. The maximum atomic E-state index is 13.2. The highest BCUT2D eigenvalue weighted by Crippen LogP contribution is 2.47. The predicted octanol–water partition coefficient (Wildman–Crippen LogP) is 3.48. The van der Waals surface area contributed by atoms with Crippen molar-refractivity contribution in [1.29, 1.82) is 0 Å². The minimum Gasteiger partial charge on any atom is -0.465 e. The largest absolute Gasteiger partial charge is 0.465 e. The number of fused-ring (bicyclic) bond motifs is 4. The molecule has 1 aliphatic heterocycles. The first kappa shape index (κ1) is 17.6. The molecule has 0 saturated carbocycles. The molecule has 0 aromatic heterocycles. The van der Waals surface area contributed by atoms with E-state index in [1.165, 1.54) is 12.0 Å². The summed E-state index contributed by atoms with van der Waals surface area (Å²) >= 11 is 0. The highest BCUT2D eigenvalue weighted by atomic mass is 16.5. The number of ether oxygens (including phenoxy) is 1. The summed E-state index contributed by atoms with van der Waals surface area (Å²) < 4.78 is 5.05. The number of esters is 1. The molecule has 5 rings (SSSR count). The van der Waals surface area contributed by atoms with Crippen molar-refractivity contribution in [3.05, 3.63) is 77.4 Å². The summed E-state index contributed by atoms with van der Waals surface area (Å²) in [6, 6.07) is 18.6. The van der Waals surface area contributed by atoms with Crippen LogP contribution in [0, 0.1) is 11.8 Å². The van der Waals surface area contributed by atoms with Crippen LogP contribution in [-0.2, 0) is 27.2 Å². The first-order valence-corrected chi connectivity index (χ1v) is 9.65.